The third kappa shape index (κ3) is 4.58. The van der Waals surface area contributed by atoms with Gasteiger partial charge in [0.25, 0.3) is 0 Å². The van der Waals surface area contributed by atoms with Gasteiger partial charge in [-0.3, -0.25) is 0 Å². The highest BCUT2D eigenvalue weighted by Crippen LogP contribution is 2.17. The van der Waals surface area contributed by atoms with Gasteiger partial charge in [0.15, 0.2) is 5.96 Å². The largest absolute Gasteiger partial charge is 0.361 e. The predicted octanol–water partition coefficient (Wildman–Crippen LogP) is 3.42. The maximum absolute atomic E-state index is 5.40. The minimum Gasteiger partial charge on any atom is -0.361 e. The highest BCUT2D eigenvalue weighted by molar-refractivity contribution is 7.10. The standard InChI is InChI=1S/C17H26N4OS/c1-5-14-13(15(6-2)22-21-14)10-19-17(18-7-3)20-11-16-12(4)8-9-23-16/h8-9H,5-7,10-11H2,1-4H3,(H2,18,19,20). The molecule has 0 atom stereocenters. The summed E-state index contributed by atoms with van der Waals surface area (Å²) in [6.45, 7) is 10.6. The molecule has 0 fully saturated rings. The smallest absolute Gasteiger partial charge is 0.191 e. The van der Waals surface area contributed by atoms with Crippen molar-refractivity contribution in [3.05, 3.63) is 38.9 Å². The molecule has 0 amide bonds. The number of hydrogen-bond acceptors (Lipinski definition) is 4. The first kappa shape index (κ1) is 17.5. The summed E-state index contributed by atoms with van der Waals surface area (Å²) in [4.78, 5) is 6.04. The molecule has 0 saturated carbocycles. The van der Waals surface area contributed by atoms with E-state index in [4.69, 9.17) is 9.52 Å². The summed E-state index contributed by atoms with van der Waals surface area (Å²) in [5.41, 5.74) is 3.45. The average Bonchev–Trinajstić information content (AvgIpc) is 3.15. The number of aliphatic imine (C=N–C) groups is 1. The van der Waals surface area contributed by atoms with Crippen molar-refractivity contribution in [2.75, 3.05) is 6.54 Å². The Hall–Kier alpha value is -1.82. The first-order valence-corrected chi connectivity index (χ1v) is 9.08. The number of thiophene rings is 1. The molecule has 5 nitrogen and oxygen atoms in total. The van der Waals surface area contributed by atoms with Gasteiger partial charge in [-0.05, 0) is 37.3 Å². The molecule has 126 valence electrons. The molecule has 0 saturated heterocycles. The molecule has 0 unspecified atom stereocenters. The number of nitrogens with one attached hydrogen (secondary N) is 2. The number of aryl methyl sites for hydroxylation is 3. The first-order valence-electron chi connectivity index (χ1n) is 8.20. The lowest BCUT2D eigenvalue weighted by Gasteiger charge is -2.11. The van der Waals surface area contributed by atoms with Crippen molar-refractivity contribution < 1.29 is 4.52 Å². The van der Waals surface area contributed by atoms with Gasteiger partial charge >= 0.3 is 0 Å². The monoisotopic (exact) mass is 334 g/mol. The second-order valence-corrected chi connectivity index (χ2v) is 6.31. The van der Waals surface area contributed by atoms with Crippen LogP contribution in [-0.4, -0.2) is 17.7 Å². The van der Waals surface area contributed by atoms with Crippen molar-refractivity contribution in [2.45, 2.75) is 53.6 Å². The molecule has 0 bridgehead atoms. The van der Waals surface area contributed by atoms with E-state index in [-0.39, 0.29) is 0 Å². The van der Waals surface area contributed by atoms with Gasteiger partial charge in [0, 0.05) is 23.4 Å². The maximum atomic E-state index is 5.40. The number of nitrogens with zero attached hydrogens (tertiary/aromatic N) is 2. The summed E-state index contributed by atoms with van der Waals surface area (Å²) in [5, 5.41) is 13.0. The lowest BCUT2D eigenvalue weighted by molar-refractivity contribution is 0.380. The zero-order valence-corrected chi connectivity index (χ0v) is 15.2. The average molecular weight is 334 g/mol. The fourth-order valence-electron chi connectivity index (χ4n) is 2.37. The molecule has 2 aromatic heterocycles. The van der Waals surface area contributed by atoms with E-state index in [1.807, 2.05) is 0 Å². The second-order valence-electron chi connectivity index (χ2n) is 5.31. The molecule has 0 spiro atoms. The third-order valence-electron chi connectivity index (χ3n) is 3.73. The normalized spacial score (nSPS) is 11.7. The summed E-state index contributed by atoms with van der Waals surface area (Å²) in [5.74, 6) is 1.76. The quantitative estimate of drug-likeness (QED) is 0.601. The van der Waals surface area contributed by atoms with Crippen LogP contribution in [0.1, 0.15) is 48.2 Å². The molecular formula is C17H26N4OS. The van der Waals surface area contributed by atoms with E-state index >= 15 is 0 Å². The Kier molecular flexibility index (Phi) is 6.65. The van der Waals surface area contributed by atoms with Gasteiger partial charge in [-0.2, -0.15) is 0 Å². The minimum atomic E-state index is 0.592. The summed E-state index contributed by atoms with van der Waals surface area (Å²) < 4.78 is 5.40. The van der Waals surface area contributed by atoms with Crippen LogP contribution in [0.2, 0.25) is 0 Å². The Morgan fingerprint density at radius 1 is 1.26 bits per heavy atom. The molecule has 0 aromatic carbocycles. The number of hydrogen-bond donors (Lipinski definition) is 2. The van der Waals surface area contributed by atoms with Gasteiger partial charge in [0.05, 0.1) is 18.8 Å². The molecule has 0 aliphatic rings. The second kappa shape index (κ2) is 8.72. The highest BCUT2D eigenvalue weighted by Gasteiger charge is 2.13. The van der Waals surface area contributed by atoms with E-state index in [1.54, 1.807) is 11.3 Å². The lowest BCUT2D eigenvalue weighted by atomic mass is 10.1. The molecule has 6 heteroatoms. The summed E-state index contributed by atoms with van der Waals surface area (Å²) >= 11 is 1.77. The lowest BCUT2D eigenvalue weighted by Crippen LogP contribution is -2.36. The third-order valence-corrected chi connectivity index (χ3v) is 4.75. The van der Waals surface area contributed by atoms with Crippen molar-refractivity contribution >= 4 is 17.3 Å². The van der Waals surface area contributed by atoms with E-state index in [0.29, 0.717) is 6.54 Å². The first-order chi connectivity index (χ1) is 11.2. The van der Waals surface area contributed by atoms with E-state index in [1.165, 1.54) is 10.4 Å². The zero-order chi connectivity index (χ0) is 16.7. The van der Waals surface area contributed by atoms with Crippen molar-refractivity contribution in [2.24, 2.45) is 4.99 Å². The van der Waals surface area contributed by atoms with E-state index < -0.39 is 0 Å². The van der Waals surface area contributed by atoms with Crippen LogP contribution in [0.3, 0.4) is 0 Å². The van der Waals surface area contributed by atoms with Gasteiger partial charge in [0.2, 0.25) is 0 Å². The van der Waals surface area contributed by atoms with Crippen LogP contribution in [0, 0.1) is 6.92 Å². The molecular weight excluding hydrogens is 308 g/mol. The van der Waals surface area contributed by atoms with Crippen LogP contribution in [-0.2, 0) is 25.9 Å². The molecule has 2 N–H and O–H groups in total. The van der Waals surface area contributed by atoms with Gasteiger partial charge < -0.3 is 15.2 Å². The van der Waals surface area contributed by atoms with Gasteiger partial charge in [-0.1, -0.05) is 19.0 Å². The van der Waals surface area contributed by atoms with Crippen molar-refractivity contribution in [1.82, 2.24) is 15.8 Å². The number of guanidine groups is 1. The van der Waals surface area contributed by atoms with Crippen LogP contribution in [0.5, 0.6) is 0 Å². The summed E-state index contributed by atoms with van der Waals surface area (Å²) in [7, 11) is 0. The molecule has 0 aliphatic heterocycles. The van der Waals surface area contributed by atoms with E-state index in [0.717, 1.165) is 48.9 Å². The fourth-order valence-corrected chi connectivity index (χ4v) is 3.21. The number of rotatable bonds is 7. The minimum absolute atomic E-state index is 0.592. The van der Waals surface area contributed by atoms with E-state index in [2.05, 4.69) is 54.9 Å². The summed E-state index contributed by atoms with van der Waals surface area (Å²) in [6.07, 6.45) is 1.71. The van der Waals surface area contributed by atoms with Crippen LogP contribution in [0.15, 0.2) is 21.0 Å². The van der Waals surface area contributed by atoms with Crippen molar-refractivity contribution in [1.29, 1.82) is 0 Å². The predicted molar refractivity (Wildman–Crippen MR) is 96.0 cm³/mol. The summed E-state index contributed by atoms with van der Waals surface area (Å²) in [6, 6.07) is 2.14. The van der Waals surface area contributed by atoms with Crippen molar-refractivity contribution in [3.8, 4) is 0 Å². The Balaban J connectivity index is 2.06. The van der Waals surface area contributed by atoms with E-state index in [9.17, 15) is 0 Å². The Bertz CT molecular complexity index is 623. The number of aromatic nitrogens is 1. The van der Waals surface area contributed by atoms with Crippen LogP contribution >= 0.6 is 11.3 Å². The molecule has 0 radical (unpaired) electrons. The molecule has 2 rings (SSSR count). The zero-order valence-electron chi connectivity index (χ0n) is 14.4. The Labute approximate surface area is 142 Å². The molecule has 2 heterocycles. The topological polar surface area (TPSA) is 62.5 Å². The SMILES string of the molecule is CCNC(=NCc1c(CC)noc1CC)NCc1sccc1C. The van der Waals surface area contributed by atoms with Gasteiger partial charge in [-0.15, -0.1) is 11.3 Å². The Morgan fingerprint density at radius 2 is 2.09 bits per heavy atom. The molecule has 2 aromatic rings. The van der Waals surface area contributed by atoms with Gasteiger partial charge in [-0.25, -0.2) is 4.99 Å². The van der Waals surface area contributed by atoms with Gasteiger partial charge in [0.1, 0.15) is 5.76 Å². The molecule has 23 heavy (non-hydrogen) atoms. The van der Waals surface area contributed by atoms with Crippen LogP contribution in [0.25, 0.3) is 0 Å². The van der Waals surface area contributed by atoms with Crippen LogP contribution in [0.4, 0.5) is 0 Å². The Morgan fingerprint density at radius 3 is 2.70 bits per heavy atom. The fraction of sp³-hybridized carbons (Fsp3) is 0.529. The molecule has 0 aliphatic carbocycles. The van der Waals surface area contributed by atoms with Crippen molar-refractivity contribution in [3.63, 3.8) is 0 Å². The van der Waals surface area contributed by atoms with Crippen LogP contribution < -0.4 is 10.6 Å². The maximum Gasteiger partial charge on any atom is 0.191 e. The highest BCUT2D eigenvalue weighted by atomic mass is 32.1.